The summed E-state index contributed by atoms with van der Waals surface area (Å²) in [5.74, 6) is -2.30. The van der Waals surface area contributed by atoms with Crippen LogP contribution >= 0.6 is 0 Å². The number of hydrogen-bond acceptors (Lipinski definition) is 16. The van der Waals surface area contributed by atoms with Gasteiger partial charge in [-0.15, -0.1) is 0 Å². The van der Waals surface area contributed by atoms with Crippen LogP contribution in [0.25, 0.3) is 0 Å². The lowest BCUT2D eigenvalue weighted by molar-refractivity contribution is -0.345. The second-order valence-electron chi connectivity index (χ2n) is 24.1. The number of hydrogen-bond donors (Lipinski definition) is 11. The zero-order valence-electron chi connectivity index (χ0n) is 40.0. The Morgan fingerprint density at radius 3 is 2.05 bits per heavy atom. The topological polar surface area (TPSA) is 286 Å². The molecule has 0 bridgehead atoms. The number of carbonyl (C=O) groups is 1. The third kappa shape index (κ3) is 7.79. The summed E-state index contributed by atoms with van der Waals surface area (Å²) in [7, 11) is 0. The summed E-state index contributed by atoms with van der Waals surface area (Å²) < 4.78 is 30.6. The molecule has 0 amide bonds. The number of aliphatic carboxylic acids is 1. The summed E-state index contributed by atoms with van der Waals surface area (Å²) in [5.41, 5.74) is 0.102. The van der Waals surface area contributed by atoms with Crippen LogP contribution in [-0.4, -0.2) is 173 Å². The third-order valence-corrected chi connectivity index (χ3v) is 20.0. The molecule has 17 heteroatoms. The van der Waals surface area contributed by atoms with E-state index in [1.807, 2.05) is 6.92 Å². The standard InChI is InChI=1S/C49H80O17/c1-22-32(53)35(56)38(59)43(62-22)65-39-26(63-27(20-50)34(55)37(39)58)17-23-33(54)36(57)40(41(60)61)66-42(23)64-31-12-13-46(5)28(47(31,6)21-51)11-14-49(8)29(46)10-9-24-25-18-44(2,3)19-30(52)45(25,4)15-16-48(24,49)7/h9,22-23,25-40,42-43,50-59H,10-21H2,1-8H3,(H,60,61). The summed E-state index contributed by atoms with van der Waals surface area (Å²) >= 11 is 0. The molecular weight excluding hydrogens is 861 g/mol. The van der Waals surface area contributed by atoms with Gasteiger partial charge in [0, 0.05) is 16.7 Å². The van der Waals surface area contributed by atoms with E-state index in [4.69, 9.17) is 23.7 Å². The maximum Gasteiger partial charge on any atom is 0.335 e. The molecule has 0 aromatic carbocycles. The van der Waals surface area contributed by atoms with Crippen LogP contribution < -0.4 is 0 Å². The fourth-order valence-electron chi connectivity index (χ4n) is 15.7. The van der Waals surface area contributed by atoms with Gasteiger partial charge in [-0.3, -0.25) is 0 Å². The Bertz CT molecular complexity index is 1820. The SMILES string of the molecule is CC1OC(OC2C(CC3C(OC4CCC5(C)C(CCC6(C)C5CC=C5C7CC(C)(C)CC(O)C7(C)CCC56C)C4(C)CO)OC(C(=O)O)C(O)C3O)OC(CO)C(O)C2O)C(O)C(O)C1O. The summed E-state index contributed by atoms with van der Waals surface area (Å²) in [6.45, 7) is 16.6. The molecule has 11 N–H and O–H groups in total. The zero-order chi connectivity index (χ0) is 48.4. The molecule has 3 aliphatic heterocycles. The molecule has 3 saturated heterocycles. The number of aliphatic hydroxyl groups is 10. The van der Waals surface area contributed by atoms with E-state index in [-0.39, 0.29) is 58.0 Å². The fraction of sp³-hybridized carbons (Fsp3) is 0.939. The Hall–Kier alpha value is -1.39. The lowest BCUT2D eigenvalue weighted by atomic mass is 9.33. The van der Waals surface area contributed by atoms with E-state index in [1.165, 1.54) is 12.5 Å². The molecule has 25 atom stereocenters. The Labute approximate surface area is 388 Å². The number of rotatable bonds is 9. The summed E-state index contributed by atoms with van der Waals surface area (Å²) in [5, 5.41) is 120. The number of fused-ring (bicyclic) bond motifs is 7. The first-order valence-electron chi connectivity index (χ1n) is 24.6. The molecule has 5 aliphatic carbocycles. The highest BCUT2D eigenvalue weighted by molar-refractivity contribution is 5.73. The van der Waals surface area contributed by atoms with E-state index in [0.717, 1.165) is 51.4 Å². The van der Waals surface area contributed by atoms with E-state index in [1.54, 1.807) is 0 Å². The molecule has 0 aromatic rings. The molecule has 25 unspecified atom stereocenters. The van der Waals surface area contributed by atoms with Gasteiger partial charge in [-0.2, -0.15) is 0 Å². The van der Waals surface area contributed by atoms with Crippen molar-refractivity contribution >= 4 is 5.97 Å². The van der Waals surface area contributed by atoms with Crippen molar-refractivity contribution in [1.29, 1.82) is 0 Å². The Kier molecular flexibility index (Phi) is 13.7. The van der Waals surface area contributed by atoms with Crippen LogP contribution in [-0.2, 0) is 28.5 Å². The molecule has 8 aliphatic rings. The van der Waals surface area contributed by atoms with Crippen molar-refractivity contribution in [3.05, 3.63) is 11.6 Å². The fourth-order valence-corrected chi connectivity index (χ4v) is 15.7. The summed E-state index contributed by atoms with van der Waals surface area (Å²) in [6.07, 6.45) is -13.9. The minimum absolute atomic E-state index is 0.0254. The Morgan fingerprint density at radius 1 is 0.697 bits per heavy atom. The molecule has 0 aromatic heterocycles. The molecule has 66 heavy (non-hydrogen) atoms. The highest BCUT2D eigenvalue weighted by atomic mass is 16.7. The van der Waals surface area contributed by atoms with Crippen LogP contribution in [0.3, 0.4) is 0 Å². The largest absolute Gasteiger partial charge is 0.479 e. The molecule has 3 heterocycles. The second-order valence-corrected chi connectivity index (χ2v) is 24.1. The van der Waals surface area contributed by atoms with Gasteiger partial charge >= 0.3 is 5.97 Å². The minimum atomic E-state index is -1.94. The summed E-state index contributed by atoms with van der Waals surface area (Å²) in [4.78, 5) is 12.5. The van der Waals surface area contributed by atoms with E-state index < -0.39 is 116 Å². The van der Waals surface area contributed by atoms with Gasteiger partial charge in [0.2, 0.25) is 0 Å². The van der Waals surface area contributed by atoms with Crippen LogP contribution in [0.4, 0.5) is 0 Å². The monoisotopic (exact) mass is 941 g/mol. The minimum Gasteiger partial charge on any atom is -0.479 e. The lowest BCUT2D eigenvalue weighted by Crippen LogP contribution is -2.67. The van der Waals surface area contributed by atoms with Crippen LogP contribution in [0.15, 0.2) is 11.6 Å². The first-order valence-corrected chi connectivity index (χ1v) is 24.6. The van der Waals surface area contributed by atoms with Gasteiger partial charge in [0.1, 0.15) is 48.8 Å². The molecule has 378 valence electrons. The van der Waals surface area contributed by atoms with Gasteiger partial charge in [-0.25, -0.2) is 4.79 Å². The van der Waals surface area contributed by atoms with Crippen molar-refractivity contribution in [1.82, 2.24) is 0 Å². The molecular formula is C49H80O17. The van der Waals surface area contributed by atoms with Gasteiger partial charge in [0.15, 0.2) is 18.7 Å². The van der Waals surface area contributed by atoms with Crippen molar-refractivity contribution in [3.63, 3.8) is 0 Å². The number of ether oxygens (including phenoxy) is 5. The Morgan fingerprint density at radius 2 is 1.39 bits per heavy atom. The van der Waals surface area contributed by atoms with Gasteiger partial charge in [-0.1, -0.05) is 60.1 Å². The maximum absolute atomic E-state index is 12.5. The predicted octanol–water partition coefficient (Wildman–Crippen LogP) is 1.37. The van der Waals surface area contributed by atoms with Crippen LogP contribution in [0, 0.1) is 56.2 Å². The number of carboxylic acids is 1. The van der Waals surface area contributed by atoms with Gasteiger partial charge in [0.25, 0.3) is 0 Å². The zero-order valence-corrected chi connectivity index (χ0v) is 40.0. The summed E-state index contributed by atoms with van der Waals surface area (Å²) in [6, 6.07) is 0. The quantitative estimate of drug-likeness (QED) is 0.115. The Balaban J connectivity index is 1.08. The average molecular weight is 941 g/mol. The average Bonchev–Trinajstić information content (AvgIpc) is 3.25. The molecule has 17 nitrogen and oxygen atoms in total. The van der Waals surface area contributed by atoms with Crippen LogP contribution in [0.2, 0.25) is 0 Å². The molecule has 7 fully saturated rings. The van der Waals surface area contributed by atoms with Crippen molar-refractivity contribution in [2.75, 3.05) is 13.2 Å². The third-order valence-electron chi connectivity index (χ3n) is 20.0. The highest BCUT2D eigenvalue weighted by Gasteiger charge is 2.70. The van der Waals surface area contributed by atoms with E-state index in [0.29, 0.717) is 12.3 Å². The number of carboxylic acid groups (broad SMARTS) is 1. The second kappa shape index (κ2) is 17.7. The van der Waals surface area contributed by atoms with Crippen molar-refractivity contribution in [2.24, 2.45) is 56.2 Å². The first kappa shape index (κ1) is 51.0. The number of aliphatic hydroxyl groups excluding tert-OH is 10. The smallest absolute Gasteiger partial charge is 0.335 e. The molecule has 8 rings (SSSR count). The maximum atomic E-state index is 12.5. The first-order chi connectivity index (χ1) is 30.7. The molecule has 0 radical (unpaired) electrons. The molecule has 4 saturated carbocycles. The van der Waals surface area contributed by atoms with Gasteiger partial charge in [-0.05, 0) is 111 Å². The normalized spacial score (nSPS) is 55.9. The van der Waals surface area contributed by atoms with Crippen molar-refractivity contribution in [3.8, 4) is 0 Å². The highest BCUT2D eigenvalue weighted by Crippen LogP contribution is 2.76. The van der Waals surface area contributed by atoms with Crippen LogP contribution in [0.1, 0.15) is 120 Å². The lowest BCUT2D eigenvalue weighted by Gasteiger charge is -2.72. The van der Waals surface area contributed by atoms with Gasteiger partial charge < -0.3 is 79.9 Å². The molecule has 0 spiro atoms. The van der Waals surface area contributed by atoms with E-state index >= 15 is 0 Å². The number of allylic oxidation sites excluding steroid dienone is 2. The predicted molar refractivity (Wildman–Crippen MR) is 234 cm³/mol. The van der Waals surface area contributed by atoms with E-state index in [9.17, 15) is 61.0 Å². The van der Waals surface area contributed by atoms with Crippen LogP contribution in [0.5, 0.6) is 0 Å². The van der Waals surface area contributed by atoms with Gasteiger partial charge in [0.05, 0.1) is 43.7 Å². The van der Waals surface area contributed by atoms with Crippen molar-refractivity contribution in [2.45, 2.75) is 218 Å². The van der Waals surface area contributed by atoms with Crippen molar-refractivity contribution < 1.29 is 84.7 Å². The van der Waals surface area contributed by atoms with E-state index in [2.05, 4.69) is 47.6 Å².